The van der Waals surface area contributed by atoms with Gasteiger partial charge in [-0.05, 0) is 18.4 Å². The van der Waals surface area contributed by atoms with Gasteiger partial charge in [-0.3, -0.25) is 19.4 Å². The maximum atomic E-state index is 13.2. The predicted octanol–water partition coefficient (Wildman–Crippen LogP) is -2.25. The van der Waals surface area contributed by atoms with E-state index in [4.69, 9.17) is 17.2 Å². The van der Waals surface area contributed by atoms with Gasteiger partial charge in [0, 0.05) is 31.3 Å². The summed E-state index contributed by atoms with van der Waals surface area (Å²) in [5, 5.41) is 17.3. The number of carbonyl (C=O) groups is 4. The maximum Gasteiger partial charge on any atom is 0.326 e. The van der Waals surface area contributed by atoms with E-state index in [0.29, 0.717) is 12.1 Å². The van der Waals surface area contributed by atoms with Gasteiger partial charge in [0.25, 0.3) is 0 Å². The number of amides is 3. The van der Waals surface area contributed by atoms with E-state index >= 15 is 0 Å². The Balaban J connectivity index is 2.17. The summed E-state index contributed by atoms with van der Waals surface area (Å²) < 4.78 is 0. The first-order valence-electron chi connectivity index (χ1n) is 11.6. The minimum absolute atomic E-state index is 0.000799. The molecule has 0 fully saturated rings. The molecule has 14 nitrogen and oxygen atoms in total. The molecule has 0 aliphatic carbocycles. The van der Waals surface area contributed by atoms with Crippen molar-refractivity contribution in [3.63, 3.8) is 0 Å². The van der Waals surface area contributed by atoms with Crippen LogP contribution in [0.3, 0.4) is 0 Å². The second-order valence-electron chi connectivity index (χ2n) is 8.20. The third kappa shape index (κ3) is 10.4. The Morgan fingerprint density at radius 1 is 0.973 bits per heavy atom. The number of H-pyrrole nitrogens is 1. The number of aromatic amines is 1. The van der Waals surface area contributed by atoms with E-state index in [1.807, 2.05) is 0 Å². The molecule has 2 aromatic rings. The number of carboxylic acid groups (broad SMARTS) is 1. The average molecular weight is 516 g/mol. The van der Waals surface area contributed by atoms with Crippen LogP contribution in [-0.4, -0.2) is 75.9 Å². The number of benzene rings is 1. The average Bonchev–Trinajstić information content (AvgIpc) is 3.38. The number of carbonyl (C=O) groups excluding carboxylic acids is 3. The minimum Gasteiger partial charge on any atom is -0.480 e. The molecule has 2 rings (SSSR count). The third-order valence-electron chi connectivity index (χ3n) is 5.29. The number of nitrogens with zero attached hydrogens (tertiary/aromatic N) is 2. The summed E-state index contributed by atoms with van der Waals surface area (Å²) >= 11 is 0. The topological polar surface area (TPSA) is 244 Å². The number of hydrogen-bond donors (Lipinski definition) is 8. The van der Waals surface area contributed by atoms with Gasteiger partial charge in [0.2, 0.25) is 17.7 Å². The highest BCUT2D eigenvalue weighted by Crippen LogP contribution is 2.07. The molecule has 3 unspecified atom stereocenters. The van der Waals surface area contributed by atoms with Crippen molar-refractivity contribution in [2.75, 3.05) is 13.1 Å². The van der Waals surface area contributed by atoms with Gasteiger partial charge in [-0.15, -0.1) is 0 Å². The fourth-order valence-electron chi connectivity index (χ4n) is 3.45. The first kappa shape index (κ1) is 28.8. The summed E-state index contributed by atoms with van der Waals surface area (Å²) in [6.07, 6.45) is 3.46. The van der Waals surface area contributed by atoms with E-state index in [0.717, 1.165) is 5.56 Å². The number of guanidine groups is 1. The van der Waals surface area contributed by atoms with E-state index in [1.165, 1.54) is 12.5 Å². The van der Waals surface area contributed by atoms with Gasteiger partial charge in [-0.2, -0.15) is 0 Å². The summed E-state index contributed by atoms with van der Waals surface area (Å²) in [6.45, 7) is -0.113. The Bertz CT molecular complexity index is 1060. The maximum absolute atomic E-state index is 13.2. The van der Waals surface area contributed by atoms with E-state index < -0.39 is 41.8 Å². The number of aliphatic carboxylic acids is 1. The zero-order valence-electron chi connectivity index (χ0n) is 20.2. The first-order valence-corrected chi connectivity index (χ1v) is 11.6. The van der Waals surface area contributed by atoms with E-state index in [2.05, 4.69) is 30.9 Å². The Labute approximate surface area is 213 Å². The largest absolute Gasteiger partial charge is 0.480 e. The fraction of sp³-hybridized carbons (Fsp3) is 0.391. The van der Waals surface area contributed by atoms with Gasteiger partial charge in [0.15, 0.2) is 5.96 Å². The van der Waals surface area contributed by atoms with Gasteiger partial charge in [-0.25, -0.2) is 9.78 Å². The van der Waals surface area contributed by atoms with Gasteiger partial charge in [0.05, 0.1) is 12.9 Å². The Kier molecular flexibility index (Phi) is 11.5. The Hall–Kier alpha value is -4.46. The lowest BCUT2D eigenvalue weighted by Gasteiger charge is -2.24. The summed E-state index contributed by atoms with van der Waals surface area (Å²) in [5.41, 5.74) is 17.2. The molecule has 3 amide bonds. The van der Waals surface area contributed by atoms with Gasteiger partial charge >= 0.3 is 5.97 Å². The molecule has 200 valence electrons. The third-order valence-corrected chi connectivity index (χ3v) is 5.29. The lowest BCUT2D eigenvalue weighted by atomic mass is 10.0. The molecular formula is C23H33N9O5. The molecule has 0 saturated carbocycles. The lowest BCUT2D eigenvalue weighted by Crippen LogP contribution is -2.57. The highest BCUT2D eigenvalue weighted by Gasteiger charge is 2.30. The number of carboxylic acids is 1. The standard InChI is InChI=1S/C23H33N9O5/c24-11-19(33)30-16(7-4-8-28-23(25)26)20(34)31-17(10-15-12-27-13-29-15)21(35)32-18(22(36)37)9-14-5-2-1-3-6-14/h1-3,5-6,12-13,16-18H,4,7-11,24H2,(H,27,29)(H,30,33)(H,31,34)(H,32,35)(H,36,37)(H4,25,26,28). The molecule has 0 aliphatic rings. The molecule has 3 atom stereocenters. The number of nitrogens with one attached hydrogen (secondary N) is 4. The van der Waals surface area contributed by atoms with Crippen LogP contribution in [-0.2, 0) is 32.0 Å². The van der Waals surface area contributed by atoms with Crippen molar-refractivity contribution in [1.29, 1.82) is 0 Å². The highest BCUT2D eigenvalue weighted by molar-refractivity contribution is 5.93. The van der Waals surface area contributed by atoms with Gasteiger partial charge in [-0.1, -0.05) is 30.3 Å². The van der Waals surface area contributed by atoms with Crippen molar-refractivity contribution in [3.8, 4) is 0 Å². The molecule has 1 aromatic heterocycles. The molecule has 0 spiro atoms. The molecular weight excluding hydrogens is 482 g/mol. The van der Waals surface area contributed by atoms with Crippen LogP contribution in [0.4, 0.5) is 0 Å². The van der Waals surface area contributed by atoms with Crippen LogP contribution in [0, 0.1) is 0 Å². The Morgan fingerprint density at radius 3 is 2.24 bits per heavy atom. The second kappa shape index (κ2) is 14.8. The lowest BCUT2D eigenvalue weighted by molar-refractivity contribution is -0.142. The van der Waals surface area contributed by atoms with Crippen LogP contribution in [0.5, 0.6) is 0 Å². The molecule has 0 aliphatic heterocycles. The summed E-state index contributed by atoms with van der Waals surface area (Å²) in [6, 6.07) is 5.40. The number of aliphatic imine (C=N–C) groups is 1. The first-order chi connectivity index (χ1) is 17.7. The smallest absolute Gasteiger partial charge is 0.326 e. The quantitative estimate of drug-likeness (QED) is 0.0724. The monoisotopic (exact) mass is 515 g/mol. The number of hydrogen-bond acceptors (Lipinski definition) is 7. The van der Waals surface area contributed by atoms with Crippen molar-refractivity contribution in [2.24, 2.45) is 22.2 Å². The SMILES string of the molecule is NCC(=O)NC(CCCN=C(N)N)C(=O)NC(Cc1cnc[nH]1)C(=O)NC(Cc1ccccc1)C(=O)O. The number of imidazole rings is 1. The van der Waals surface area contributed by atoms with Crippen molar-refractivity contribution >= 4 is 29.7 Å². The number of nitrogens with two attached hydrogens (primary N) is 3. The van der Waals surface area contributed by atoms with Crippen molar-refractivity contribution in [3.05, 3.63) is 54.1 Å². The molecule has 14 heteroatoms. The Morgan fingerprint density at radius 2 is 1.65 bits per heavy atom. The second-order valence-corrected chi connectivity index (χ2v) is 8.20. The van der Waals surface area contributed by atoms with E-state index in [9.17, 15) is 24.3 Å². The number of rotatable bonds is 15. The highest BCUT2D eigenvalue weighted by atomic mass is 16.4. The molecule has 1 heterocycles. The van der Waals surface area contributed by atoms with Crippen LogP contribution in [0.15, 0.2) is 47.8 Å². The van der Waals surface area contributed by atoms with E-state index in [-0.39, 0.29) is 38.3 Å². The van der Waals surface area contributed by atoms with Crippen molar-refractivity contribution in [2.45, 2.75) is 43.8 Å². The van der Waals surface area contributed by atoms with Crippen LogP contribution in [0.1, 0.15) is 24.1 Å². The molecule has 1 aromatic carbocycles. The molecule has 0 bridgehead atoms. The van der Waals surface area contributed by atoms with Crippen molar-refractivity contribution in [1.82, 2.24) is 25.9 Å². The van der Waals surface area contributed by atoms with E-state index in [1.54, 1.807) is 30.3 Å². The van der Waals surface area contributed by atoms with Crippen LogP contribution >= 0.6 is 0 Å². The van der Waals surface area contributed by atoms with Crippen LogP contribution < -0.4 is 33.2 Å². The fourth-order valence-corrected chi connectivity index (χ4v) is 3.45. The van der Waals surface area contributed by atoms with Crippen LogP contribution in [0.2, 0.25) is 0 Å². The summed E-state index contributed by atoms with van der Waals surface area (Å²) in [4.78, 5) is 60.6. The number of aromatic nitrogens is 2. The molecule has 11 N–H and O–H groups in total. The molecule has 0 radical (unpaired) electrons. The predicted molar refractivity (Wildman–Crippen MR) is 135 cm³/mol. The normalized spacial score (nSPS) is 13.0. The van der Waals surface area contributed by atoms with Crippen LogP contribution in [0.25, 0.3) is 0 Å². The molecule has 37 heavy (non-hydrogen) atoms. The zero-order chi connectivity index (χ0) is 27.2. The summed E-state index contributed by atoms with van der Waals surface area (Å²) in [5.74, 6) is -3.26. The van der Waals surface area contributed by atoms with Gasteiger partial charge in [0.1, 0.15) is 18.1 Å². The van der Waals surface area contributed by atoms with Crippen molar-refractivity contribution < 1.29 is 24.3 Å². The molecule has 0 saturated heterocycles. The zero-order valence-corrected chi connectivity index (χ0v) is 20.2. The minimum atomic E-state index is -1.23. The summed E-state index contributed by atoms with van der Waals surface area (Å²) in [7, 11) is 0. The van der Waals surface area contributed by atoms with Gasteiger partial charge < -0.3 is 43.2 Å².